The number of nitrogens with two attached hydrogens (primary N) is 1. The molecule has 118 valence electrons. The Balaban J connectivity index is 2.58. The van der Waals surface area contributed by atoms with Crippen molar-refractivity contribution in [1.82, 2.24) is 4.72 Å². The molecule has 0 aromatic heterocycles. The molecule has 0 aliphatic carbocycles. The first kappa shape index (κ1) is 17.8. The van der Waals surface area contributed by atoms with Crippen LogP contribution in [0.2, 0.25) is 0 Å². The highest BCUT2D eigenvalue weighted by atomic mass is 32.2. The van der Waals surface area contributed by atoms with Crippen LogP contribution in [0.5, 0.6) is 0 Å². The van der Waals surface area contributed by atoms with Gasteiger partial charge in [-0.3, -0.25) is 0 Å². The Bertz CT molecular complexity index is 603. The molecule has 5 nitrogen and oxygen atoms in total. The summed E-state index contributed by atoms with van der Waals surface area (Å²) in [7, 11) is -3.86. The number of thiocarbonyl (C=S) groups is 1. The molecule has 0 heterocycles. The second-order valence-electron chi connectivity index (χ2n) is 3.96. The maximum atomic E-state index is 11.9. The van der Waals surface area contributed by atoms with Crippen molar-refractivity contribution in [2.24, 2.45) is 5.73 Å². The lowest BCUT2D eigenvalue weighted by Gasteiger charge is -2.09. The fraction of sp³-hybridized carbons (Fsp3) is 0.364. The molecule has 3 N–H and O–H groups in total. The third-order valence-corrected chi connectivity index (χ3v) is 3.93. The monoisotopic (exact) mass is 342 g/mol. The minimum Gasteiger partial charge on any atom is -0.389 e. The summed E-state index contributed by atoms with van der Waals surface area (Å²) in [6.45, 7) is -2.10. The van der Waals surface area contributed by atoms with E-state index in [1.165, 1.54) is 18.2 Å². The number of hydrogen-bond donors (Lipinski definition) is 2. The quantitative estimate of drug-likeness (QED) is 0.574. The van der Waals surface area contributed by atoms with Crippen molar-refractivity contribution in [3.63, 3.8) is 0 Å². The molecule has 1 aromatic carbocycles. The fourth-order valence-electron chi connectivity index (χ4n) is 1.34. The molecule has 0 bridgehead atoms. The van der Waals surface area contributed by atoms with Crippen LogP contribution in [0, 0.1) is 0 Å². The molecule has 0 amide bonds. The number of benzene rings is 1. The van der Waals surface area contributed by atoms with Gasteiger partial charge in [0.1, 0.15) is 11.6 Å². The number of alkyl halides is 3. The van der Waals surface area contributed by atoms with Gasteiger partial charge in [-0.15, -0.1) is 0 Å². The minimum atomic E-state index is -4.44. The topological polar surface area (TPSA) is 81.4 Å². The van der Waals surface area contributed by atoms with E-state index in [-0.39, 0.29) is 16.4 Å². The van der Waals surface area contributed by atoms with Crippen LogP contribution in [0.15, 0.2) is 29.2 Å². The molecule has 0 aliphatic heterocycles. The summed E-state index contributed by atoms with van der Waals surface area (Å²) in [6, 6.07) is 5.61. The average Bonchev–Trinajstić information content (AvgIpc) is 2.37. The molecule has 0 fully saturated rings. The molecule has 10 heteroatoms. The molecule has 21 heavy (non-hydrogen) atoms. The van der Waals surface area contributed by atoms with Crippen molar-refractivity contribution in [3.8, 4) is 0 Å². The van der Waals surface area contributed by atoms with Crippen molar-refractivity contribution in [2.75, 3.05) is 19.8 Å². The first-order valence-electron chi connectivity index (χ1n) is 5.66. The standard InChI is InChI=1S/C11H13F3N2O3S2/c12-11(13,14)7-19-5-4-16-21(17,18)9-3-1-2-8(6-9)10(15)20/h1-3,6,16H,4-5,7H2,(H2,15,20). The Kier molecular flexibility index (Phi) is 6.08. The molecule has 0 aliphatic rings. The van der Waals surface area contributed by atoms with Crippen LogP contribution in [0.1, 0.15) is 5.56 Å². The molecule has 0 radical (unpaired) electrons. The zero-order chi connectivity index (χ0) is 16.1. The van der Waals surface area contributed by atoms with Crippen molar-refractivity contribution in [1.29, 1.82) is 0 Å². The van der Waals surface area contributed by atoms with Gasteiger partial charge in [0.15, 0.2) is 0 Å². The highest BCUT2D eigenvalue weighted by Gasteiger charge is 2.27. The van der Waals surface area contributed by atoms with E-state index in [1.54, 1.807) is 6.07 Å². The minimum absolute atomic E-state index is 0.0422. The van der Waals surface area contributed by atoms with Gasteiger partial charge in [-0.1, -0.05) is 24.4 Å². The number of halogens is 3. The van der Waals surface area contributed by atoms with Crippen LogP contribution in [0.3, 0.4) is 0 Å². The molecule has 0 saturated carbocycles. The second kappa shape index (κ2) is 7.16. The van der Waals surface area contributed by atoms with Crippen molar-refractivity contribution < 1.29 is 26.3 Å². The van der Waals surface area contributed by atoms with Crippen LogP contribution >= 0.6 is 12.2 Å². The summed E-state index contributed by atoms with van der Waals surface area (Å²) in [6.07, 6.45) is -4.44. The van der Waals surface area contributed by atoms with E-state index < -0.39 is 29.4 Å². The Morgan fingerprint density at radius 1 is 1.38 bits per heavy atom. The predicted molar refractivity (Wildman–Crippen MR) is 74.4 cm³/mol. The lowest BCUT2D eigenvalue weighted by Crippen LogP contribution is -2.29. The first-order chi connectivity index (χ1) is 9.62. The van der Waals surface area contributed by atoms with E-state index in [0.717, 1.165) is 0 Å². The number of rotatable bonds is 7. The van der Waals surface area contributed by atoms with Gasteiger partial charge in [-0.05, 0) is 12.1 Å². The maximum Gasteiger partial charge on any atom is 0.411 e. The van der Waals surface area contributed by atoms with E-state index >= 15 is 0 Å². The zero-order valence-electron chi connectivity index (χ0n) is 10.7. The van der Waals surface area contributed by atoms with E-state index in [1.807, 2.05) is 0 Å². The van der Waals surface area contributed by atoms with Gasteiger partial charge in [0.25, 0.3) is 0 Å². The molecule has 1 aromatic rings. The molecule has 1 rings (SSSR count). The lowest BCUT2D eigenvalue weighted by atomic mass is 10.2. The van der Waals surface area contributed by atoms with E-state index in [9.17, 15) is 21.6 Å². The molecule has 0 atom stereocenters. The predicted octanol–water partition coefficient (Wildman–Crippen LogP) is 1.18. The Hall–Kier alpha value is -1.23. The molecule has 0 spiro atoms. The van der Waals surface area contributed by atoms with Crippen LogP contribution in [-0.2, 0) is 14.8 Å². The number of sulfonamides is 1. The first-order valence-corrected chi connectivity index (χ1v) is 7.55. The van der Waals surface area contributed by atoms with Gasteiger partial charge in [-0.25, -0.2) is 13.1 Å². The lowest BCUT2D eigenvalue weighted by molar-refractivity contribution is -0.173. The van der Waals surface area contributed by atoms with Gasteiger partial charge >= 0.3 is 6.18 Å². The maximum absolute atomic E-state index is 11.9. The van der Waals surface area contributed by atoms with Gasteiger partial charge in [0.2, 0.25) is 10.0 Å². The van der Waals surface area contributed by atoms with Gasteiger partial charge in [0.05, 0.1) is 11.5 Å². The van der Waals surface area contributed by atoms with Crippen LogP contribution in [0.4, 0.5) is 13.2 Å². The van der Waals surface area contributed by atoms with E-state index in [4.69, 9.17) is 18.0 Å². The molecule has 0 saturated heterocycles. The third kappa shape index (κ3) is 6.38. The fourth-order valence-corrected chi connectivity index (χ4v) is 2.52. The van der Waals surface area contributed by atoms with Crippen molar-refractivity contribution in [3.05, 3.63) is 29.8 Å². The molecular weight excluding hydrogens is 329 g/mol. The van der Waals surface area contributed by atoms with Gasteiger partial charge in [0, 0.05) is 12.1 Å². The van der Waals surface area contributed by atoms with Gasteiger partial charge < -0.3 is 10.5 Å². The Morgan fingerprint density at radius 2 is 2.05 bits per heavy atom. The molecular formula is C11H13F3N2O3S2. The third-order valence-electron chi connectivity index (χ3n) is 2.23. The number of hydrogen-bond acceptors (Lipinski definition) is 4. The molecule has 0 unspecified atom stereocenters. The summed E-state index contributed by atoms with van der Waals surface area (Å²) in [4.78, 5) is -0.0378. The normalized spacial score (nSPS) is 12.3. The SMILES string of the molecule is NC(=S)c1cccc(S(=O)(=O)NCCOCC(F)(F)F)c1. The van der Waals surface area contributed by atoms with Crippen molar-refractivity contribution in [2.45, 2.75) is 11.1 Å². The van der Waals surface area contributed by atoms with E-state index in [0.29, 0.717) is 5.56 Å². The Labute approximate surface area is 125 Å². The summed E-state index contributed by atoms with van der Waals surface area (Å²) >= 11 is 4.74. The van der Waals surface area contributed by atoms with Crippen LogP contribution in [-0.4, -0.2) is 39.3 Å². The summed E-state index contributed by atoms with van der Waals surface area (Å²) in [5, 5.41) is 0. The van der Waals surface area contributed by atoms with Gasteiger partial charge in [-0.2, -0.15) is 13.2 Å². The van der Waals surface area contributed by atoms with E-state index in [2.05, 4.69) is 9.46 Å². The highest BCUT2D eigenvalue weighted by Crippen LogP contribution is 2.14. The number of nitrogens with one attached hydrogen (secondary N) is 1. The smallest absolute Gasteiger partial charge is 0.389 e. The van der Waals surface area contributed by atoms with Crippen LogP contribution < -0.4 is 10.5 Å². The summed E-state index contributed by atoms with van der Waals surface area (Å²) in [5.41, 5.74) is 5.77. The van der Waals surface area contributed by atoms with Crippen molar-refractivity contribution >= 4 is 27.2 Å². The largest absolute Gasteiger partial charge is 0.411 e. The number of ether oxygens (including phenoxy) is 1. The highest BCUT2D eigenvalue weighted by molar-refractivity contribution is 7.89. The Morgan fingerprint density at radius 3 is 2.62 bits per heavy atom. The summed E-state index contributed by atoms with van der Waals surface area (Å²) < 4.78 is 65.7. The van der Waals surface area contributed by atoms with Crippen LogP contribution in [0.25, 0.3) is 0 Å². The average molecular weight is 342 g/mol. The zero-order valence-corrected chi connectivity index (χ0v) is 12.3. The second-order valence-corrected chi connectivity index (χ2v) is 6.16. The summed E-state index contributed by atoms with van der Waals surface area (Å²) in [5.74, 6) is 0.